The first-order chi connectivity index (χ1) is 12.0. The summed E-state index contributed by atoms with van der Waals surface area (Å²) in [5.41, 5.74) is 10.3. The Morgan fingerprint density at radius 2 is 1.63 bits per heavy atom. The Kier molecular flexibility index (Phi) is 7.23. The largest absolute Gasteiger partial charge is 1.00 e. The second-order valence-corrected chi connectivity index (χ2v) is 9.08. The first-order valence-corrected chi connectivity index (χ1v) is 10.3. The smallest absolute Gasteiger partial charge is 1.00 e. The van der Waals surface area contributed by atoms with Crippen molar-refractivity contribution in [3.05, 3.63) is 74.1 Å². The Morgan fingerprint density at radius 1 is 0.963 bits per heavy atom. The molecule has 0 saturated carbocycles. The third-order valence-corrected chi connectivity index (χ3v) is 6.66. The molecule has 2 aromatic carbocycles. The van der Waals surface area contributed by atoms with Gasteiger partial charge in [-0.1, -0.05) is 0 Å². The standard InChI is InChI=1S/C23H24N.2ClH.Zr/c1-15(2)17-10-7-11-20(17)23-21-9-6-5-8-18(21)19-13-12-16(24(3)4)14-22(19)23;;;/h5-6,8-10,12-15,23H,7H2,1-4H3;2*1H;/q;;;+2/p-2. The summed E-state index contributed by atoms with van der Waals surface area (Å²) < 4.78 is 1.62. The van der Waals surface area contributed by atoms with Crippen LogP contribution in [-0.4, -0.2) is 14.1 Å². The van der Waals surface area contributed by atoms with Crippen LogP contribution < -0.4 is 29.7 Å². The molecule has 1 atom stereocenters. The van der Waals surface area contributed by atoms with E-state index in [0.717, 1.165) is 6.42 Å². The molecule has 4 heteroatoms. The van der Waals surface area contributed by atoms with Gasteiger partial charge in [0.05, 0.1) is 0 Å². The molecule has 0 aromatic heterocycles. The summed E-state index contributed by atoms with van der Waals surface area (Å²) in [5.74, 6) is 0.984. The third kappa shape index (κ3) is 3.74. The van der Waals surface area contributed by atoms with Crippen LogP contribution in [0.25, 0.3) is 11.1 Å². The quantitative estimate of drug-likeness (QED) is 0.586. The van der Waals surface area contributed by atoms with E-state index in [1.807, 2.05) is 0 Å². The molecule has 0 N–H and O–H groups in total. The number of benzene rings is 2. The molecule has 4 rings (SSSR count). The van der Waals surface area contributed by atoms with Gasteiger partial charge in [-0.2, -0.15) is 0 Å². The molecule has 0 bridgehead atoms. The molecule has 2 aromatic rings. The van der Waals surface area contributed by atoms with Gasteiger partial charge in [0.25, 0.3) is 0 Å². The number of nitrogens with zero attached hydrogens (tertiary/aromatic N) is 1. The number of hydrogen-bond donors (Lipinski definition) is 0. The molecule has 0 spiro atoms. The average molecular weight is 477 g/mol. The molecule has 0 aliphatic heterocycles. The zero-order valence-electron chi connectivity index (χ0n) is 16.2. The minimum atomic E-state index is 0. The van der Waals surface area contributed by atoms with E-state index in [0.29, 0.717) is 11.8 Å². The summed E-state index contributed by atoms with van der Waals surface area (Å²) in [5, 5.41) is 0. The molecule has 0 heterocycles. The van der Waals surface area contributed by atoms with Crippen molar-refractivity contribution >= 4 is 5.69 Å². The van der Waals surface area contributed by atoms with Crippen LogP contribution in [0.15, 0.2) is 63.0 Å². The van der Waals surface area contributed by atoms with Crippen LogP contribution >= 0.6 is 0 Å². The van der Waals surface area contributed by atoms with E-state index in [4.69, 9.17) is 0 Å². The fraction of sp³-hybridized carbons (Fsp3) is 0.304. The van der Waals surface area contributed by atoms with Gasteiger partial charge >= 0.3 is 167 Å². The Balaban J connectivity index is 0.00000131. The first-order valence-electron chi connectivity index (χ1n) is 9.04. The monoisotopic (exact) mass is 474 g/mol. The zero-order valence-corrected chi connectivity index (χ0v) is 20.2. The first kappa shape index (κ1) is 22.5. The Morgan fingerprint density at radius 3 is 2.30 bits per heavy atom. The molecule has 1 unspecified atom stereocenters. The Hall–Kier alpha value is -0.817. The van der Waals surface area contributed by atoms with Crippen LogP contribution in [-0.2, 0) is 24.7 Å². The summed E-state index contributed by atoms with van der Waals surface area (Å²) in [4.78, 5) is 2.21. The normalized spacial score (nSPS) is 17.1. The third-order valence-electron chi connectivity index (χ3n) is 5.50. The van der Waals surface area contributed by atoms with Gasteiger partial charge in [0.2, 0.25) is 0 Å². The van der Waals surface area contributed by atoms with Crippen LogP contribution in [0.1, 0.15) is 37.3 Å². The van der Waals surface area contributed by atoms with Crippen molar-refractivity contribution < 1.29 is 49.5 Å². The maximum Gasteiger partial charge on any atom is -1.00 e. The van der Waals surface area contributed by atoms with Crippen LogP contribution in [0, 0.1) is 5.92 Å². The van der Waals surface area contributed by atoms with Gasteiger partial charge in [-0.15, -0.1) is 0 Å². The molecular weight excluding hydrogens is 452 g/mol. The van der Waals surface area contributed by atoms with E-state index in [2.05, 4.69) is 81.4 Å². The van der Waals surface area contributed by atoms with E-state index < -0.39 is 0 Å². The van der Waals surface area contributed by atoms with E-state index in [-0.39, 0.29) is 24.8 Å². The molecule has 0 fully saturated rings. The molecule has 0 saturated heterocycles. The van der Waals surface area contributed by atoms with Crippen molar-refractivity contribution in [2.45, 2.75) is 26.2 Å². The van der Waals surface area contributed by atoms with Gasteiger partial charge in [0, 0.05) is 0 Å². The van der Waals surface area contributed by atoms with Crippen molar-refractivity contribution in [3.63, 3.8) is 0 Å². The summed E-state index contributed by atoms with van der Waals surface area (Å²) in [7, 11) is 4.26. The van der Waals surface area contributed by atoms with Gasteiger partial charge in [-0.05, 0) is 0 Å². The van der Waals surface area contributed by atoms with Crippen molar-refractivity contribution in [1.29, 1.82) is 0 Å². The molecule has 2 aliphatic carbocycles. The Bertz CT molecular complexity index is 912. The summed E-state index contributed by atoms with van der Waals surface area (Å²) in [6.45, 7) is 4.66. The van der Waals surface area contributed by atoms with Gasteiger partial charge in [-0.3, -0.25) is 0 Å². The van der Waals surface area contributed by atoms with E-state index in [1.54, 1.807) is 39.1 Å². The molecule has 2 aliphatic rings. The fourth-order valence-electron chi connectivity index (χ4n) is 4.28. The van der Waals surface area contributed by atoms with Crippen molar-refractivity contribution in [2.24, 2.45) is 5.92 Å². The van der Waals surface area contributed by atoms with Crippen molar-refractivity contribution in [2.75, 3.05) is 19.0 Å². The SMILES string of the molecule is CC(C)C1=CC[C]([Zr+2])=C1C1c2ccccc2-c2ccc(N(C)C)cc21.[Cl-].[Cl-]. The average Bonchev–Trinajstić information content (AvgIpc) is 3.12. The molecule has 139 valence electrons. The predicted octanol–water partition coefficient (Wildman–Crippen LogP) is -0.340. The number of hydrogen-bond acceptors (Lipinski definition) is 1. The van der Waals surface area contributed by atoms with E-state index >= 15 is 0 Å². The maximum absolute atomic E-state index is 2.47. The molecule has 0 radical (unpaired) electrons. The second kappa shape index (κ2) is 8.68. The van der Waals surface area contributed by atoms with Crippen LogP contribution in [0.4, 0.5) is 5.69 Å². The topological polar surface area (TPSA) is 3.24 Å². The molecule has 27 heavy (non-hydrogen) atoms. The van der Waals surface area contributed by atoms with Gasteiger partial charge in [-0.25, -0.2) is 0 Å². The predicted molar refractivity (Wildman–Crippen MR) is 103 cm³/mol. The van der Waals surface area contributed by atoms with Gasteiger partial charge in [0.15, 0.2) is 0 Å². The van der Waals surface area contributed by atoms with Crippen molar-refractivity contribution in [3.8, 4) is 11.1 Å². The number of fused-ring (bicyclic) bond motifs is 3. The van der Waals surface area contributed by atoms with E-state index in [9.17, 15) is 0 Å². The molecule has 1 nitrogen and oxygen atoms in total. The molecular formula is C23H24Cl2NZr. The second-order valence-electron chi connectivity index (χ2n) is 7.60. The van der Waals surface area contributed by atoms with Crippen LogP contribution in [0.3, 0.4) is 0 Å². The minimum absolute atomic E-state index is 0. The minimum Gasteiger partial charge on any atom is -1.00 e. The summed E-state index contributed by atoms with van der Waals surface area (Å²) in [6, 6.07) is 16.0. The molecule has 0 amide bonds. The zero-order chi connectivity index (χ0) is 17.7. The van der Waals surface area contributed by atoms with Gasteiger partial charge in [0.1, 0.15) is 0 Å². The van der Waals surface area contributed by atoms with Crippen molar-refractivity contribution in [1.82, 2.24) is 0 Å². The van der Waals surface area contributed by atoms with Crippen LogP contribution in [0.2, 0.25) is 0 Å². The number of rotatable bonds is 3. The van der Waals surface area contributed by atoms with E-state index in [1.165, 1.54) is 27.9 Å². The summed E-state index contributed by atoms with van der Waals surface area (Å²) in [6.07, 6.45) is 3.61. The fourth-order valence-corrected chi connectivity index (χ4v) is 5.24. The Labute approximate surface area is 190 Å². The maximum atomic E-state index is 2.47. The number of anilines is 1. The number of halogens is 2. The summed E-state index contributed by atoms with van der Waals surface area (Å²) >= 11 is 1.56. The van der Waals surface area contributed by atoms with Crippen LogP contribution in [0.5, 0.6) is 0 Å². The van der Waals surface area contributed by atoms with Gasteiger partial charge < -0.3 is 24.8 Å². The number of allylic oxidation sites excluding steroid dienone is 4.